The number of hydrogen-bond donors (Lipinski definition) is 1. The normalized spacial score (nSPS) is 10.3. The number of aromatic nitrogens is 2. The zero-order chi connectivity index (χ0) is 13.8. The van der Waals surface area contributed by atoms with Crippen molar-refractivity contribution in [3.05, 3.63) is 58.1 Å². The molecule has 5 heteroatoms. The summed E-state index contributed by atoms with van der Waals surface area (Å²) in [5.74, 6) is 0.456. The van der Waals surface area contributed by atoms with E-state index in [-0.39, 0.29) is 5.91 Å². The number of rotatable bonds is 3. The van der Waals surface area contributed by atoms with Crippen molar-refractivity contribution in [3.63, 3.8) is 0 Å². The van der Waals surface area contributed by atoms with Crippen LogP contribution in [0.15, 0.2) is 30.5 Å². The lowest BCUT2D eigenvalue weighted by Crippen LogP contribution is -2.24. The fourth-order valence-electron chi connectivity index (χ4n) is 1.72. The molecule has 98 valence electrons. The maximum atomic E-state index is 12.0. The molecule has 0 aliphatic rings. The third kappa shape index (κ3) is 3.29. The van der Waals surface area contributed by atoms with Gasteiger partial charge in [-0.15, -0.1) is 0 Å². The average molecular weight is 276 g/mol. The average Bonchev–Trinajstić information content (AvgIpc) is 2.37. The standard InChI is InChI=1S/C14H14ClN3O/c1-9-12(8-16-10(2)18-9)14(19)17-7-11-5-3-4-6-13(11)15/h3-6,8H,7H2,1-2H3,(H,17,19). The summed E-state index contributed by atoms with van der Waals surface area (Å²) >= 11 is 6.03. The third-order valence-electron chi connectivity index (χ3n) is 2.74. The molecule has 0 spiro atoms. The van der Waals surface area contributed by atoms with Crippen molar-refractivity contribution in [2.75, 3.05) is 0 Å². The van der Waals surface area contributed by atoms with Crippen molar-refractivity contribution in [2.24, 2.45) is 0 Å². The van der Waals surface area contributed by atoms with E-state index in [0.717, 1.165) is 5.56 Å². The second kappa shape index (κ2) is 5.80. The molecule has 1 heterocycles. The van der Waals surface area contributed by atoms with Crippen molar-refractivity contribution >= 4 is 17.5 Å². The van der Waals surface area contributed by atoms with Gasteiger partial charge in [0.15, 0.2) is 0 Å². The van der Waals surface area contributed by atoms with Crippen LogP contribution in [-0.2, 0) is 6.54 Å². The number of aryl methyl sites for hydroxylation is 2. The molecule has 0 aliphatic carbocycles. The second-order valence-electron chi connectivity index (χ2n) is 4.19. The molecule has 1 N–H and O–H groups in total. The Morgan fingerprint density at radius 2 is 2.05 bits per heavy atom. The van der Waals surface area contributed by atoms with Crippen LogP contribution in [0, 0.1) is 13.8 Å². The maximum absolute atomic E-state index is 12.0. The Morgan fingerprint density at radius 1 is 1.32 bits per heavy atom. The summed E-state index contributed by atoms with van der Waals surface area (Å²) in [5.41, 5.74) is 2.03. The van der Waals surface area contributed by atoms with Crippen LogP contribution < -0.4 is 5.32 Å². The Kier molecular flexibility index (Phi) is 4.12. The monoisotopic (exact) mass is 275 g/mol. The van der Waals surface area contributed by atoms with E-state index in [9.17, 15) is 4.79 Å². The summed E-state index contributed by atoms with van der Waals surface area (Å²) in [7, 11) is 0. The van der Waals surface area contributed by atoms with Gasteiger partial charge in [-0.3, -0.25) is 4.79 Å². The van der Waals surface area contributed by atoms with Gasteiger partial charge in [0.05, 0.1) is 11.3 Å². The first-order chi connectivity index (χ1) is 9.08. The first-order valence-electron chi connectivity index (χ1n) is 5.90. The predicted octanol–water partition coefficient (Wildman–Crippen LogP) is 2.68. The summed E-state index contributed by atoms with van der Waals surface area (Å²) in [5, 5.41) is 3.45. The van der Waals surface area contributed by atoms with Gasteiger partial charge in [-0.2, -0.15) is 0 Å². The molecule has 0 atom stereocenters. The second-order valence-corrected chi connectivity index (χ2v) is 4.60. The largest absolute Gasteiger partial charge is 0.348 e. The van der Waals surface area contributed by atoms with Gasteiger partial charge in [-0.25, -0.2) is 9.97 Å². The zero-order valence-electron chi connectivity index (χ0n) is 10.8. The lowest BCUT2D eigenvalue weighted by molar-refractivity contribution is 0.0949. The van der Waals surface area contributed by atoms with E-state index < -0.39 is 0 Å². The molecular weight excluding hydrogens is 262 g/mol. The number of hydrogen-bond acceptors (Lipinski definition) is 3. The van der Waals surface area contributed by atoms with E-state index >= 15 is 0 Å². The summed E-state index contributed by atoms with van der Waals surface area (Å²) in [6, 6.07) is 7.41. The van der Waals surface area contributed by atoms with Crippen molar-refractivity contribution in [2.45, 2.75) is 20.4 Å². The minimum absolute atomic E-state index is 0.197. The molecular formula is C14H14ClN3O. The Bertz CT molecular complexity index is 613. The van der Waals surface area contributed by atoms with Crippen molar-refractivity contribution in [1.29, 1.82) is 0 Å². The van der Waals surface area contributed by atoms with Gasteiger partial charge in [-0.1, -0.05) is 29.8 Å². The fourth-order valence-corrected chi connectivity index (χ4v) is 1.92. The van der Waals surface area contributed by atoms with E-state index in [1.807, 2.05) is 18.2 Å². The Balaban J connectivity index is 2.08. The van der Waals surface area contributed by atoms with Crippen LogP contribution in [0.4, 0.5) is 0 Å². The number of carbonyl (C=O) groups excluding carboxylic acids is 1. The van der Waals surface area contributed by atoms with E-state index in [1.54, 1.807) is 26.1 Å². The molecule has 1 aromatic heterocycles. The quantitative estimate of drug-likeness (QED) is 0.937. The molecule has 0 saturated heterocycles. The smallest absolute Gasteiger partial charge is 0.254 e. The molecule has 2 rings (SSSR count). The highest BCUT2D eigenvalue weighted by Gasteiger charge is 2.11. The lowest BCUT2D eigenvalue weighted by atomic mass is 10.2. The van der Waals surface area contributed by atoms with Crippen LogP contribution in [0.3, 0.4) is 0 Å². The van der Waals surface area contributed by atoms with E-state index in [1.165, 1.54) is 0 Å². The first kappa shape index (κ1) is 13.5. The fraction of sp³-hybridized carbons (Fsp3) is 0.214. The molecule has 0 unspecified atom stereocenters. The van der Waals surface area contributed by atoms with E-state index in [0.29, 0.717) is 28.6 Å². The molecule has 19 heavy (non-hydrogen) atoms. The topological polar surface area (TPSA) is 54.9 Å². The molecule has 1 amide bonds. The first-order valence-corrected chi connectivity index (χ1v) is 6.27. The molecule has 4 nitrogen and oxygen atoms in total. The van der Waals surface area contributed by atoms with Gasteiger partial charge >= 0.3 is 0 Å². The molecule has 1 aromatic carbocycles. The molecule has 0 bridgehead atoms. The van der Waals surface area contributed by atoms with Crippen molar-refractivity contribution in [1.82, 2.24) is 15.3 Å². The van der Waals surface area contributed by atoms with Gasteiger partial charge in [0.1, 0.15) is 5.82 Å². The molecule has 0 radical (unpaired) electrons. The minimum Gasteiger partial charge on any atom is -0.348 e. The van der Waals surface area contributed by atoms with Crippen molar-refractivity contribution in [3.8, 4) is 0 Å². The Labute approximate surface area is 116 Å². The molecule has 0 saturated carbocycles. The third-order valence-corrected chi connectivity index (χ3v) is 3.11. The van der Waals surface area contributed by atoms with Crippen molar-refractivity contribution < 1.29 is 4.79 Å². The number of amides is 1. The Hall–Kier alpha value is -1.94. The van der Waals surface area contributed by atoms with Crippen LogP contribution in [0.1, 0.15) is 27.4 Å². The summed E-state index contributed by atoms with van der Waals surface area (Å²) in [6.45, 7) is 3.96. The van der Waals surface area contributed by atoms with Crippen LogP contribution in [0.2, 0.25) is 5.02 Å². The van der Waals surface area contributed by atoms with Gasteiger partial charge in [-0.05, 0) is 25.5 Å². The number of nitrogens with one attached hydrogen (secondary N) is 1. The van der Waals surface area contributed by atoms with Gasteiger partial charge < -0.3 is 5.32 Å². The zero-order valence-corrected chi connectivity index (χ0v) is 11.5. The predicted molar refractivity (Wildman–Crippen MR) is 74.1 cm³/mol. The van der Waals surface area contributed by atoms with Gasteiger partial charge in [0, 0.05) is 17.8 Å². The minimum atomic E-state index is -0.197. The Morgan fingerprint density at radius 3 is 2.74 bits per heavy atom. The number of halogens is 1. The number of benzene rings is 1. The molecule has 0 fully saturated rings. The highest BCUT2D eigenvalue weighted by atomic mass is 35.5. The van der Waals surface area contributed by atoms with Gasteiger partial charge in [0.25, 0.3) is 5.91 Å². The van der Waals surface area contributed by atoms with Crippen LogP contribution >= 0.6 is 11.6 Å². The highest BCUT2D eigenvalue weighted by molar-refractivity contribution is 6.31. The van der Waals surface area contributed by atoms with Gasteiger partial charge in [0.2, 0.25) is 0 Å². The lowest BCUT2D eigenvalue weighted by Gasteiger charge is -2.08. The molecule has 0 aliphatic heterocycles. The maximum Gasteiger partial charge on any atom is 0.254 e. The van der Waals surface area contributed by atoms with E-state index in [4.69, 9.17) is 11.6 Å². The summed E-state index contributed by atoms with van der Waals surface area (Å²) in [4.78, 5) is 20.2. The van der Waals surface area contributed by atoms with Crippen LogP contribution in [0.25, 0.3) is 0 Å². The summed E-state index contributed by atoms with van der Waals surface area (Å²) in [6.07, 6.45) is 1.54. The highest BCUT2D eigenvalue weighted by Crippen LogP contribution is 2.14. The summed E-state index contributed by atoms with van der Waals surface area (Å²) < 4.78 is 0. The molecule has 2 aromatic rings. The van der Waals surface area contributed by atoms with E-state index in [2.05, 4.69) is 15.3 Å². The number of nitrogens with zero attached hydrogens (tertiary/aromatic N) is 2. The number of carbonyl (C=O) groups is 1. The van der Waals surface area contributed by atoms with Crippen LogP contribution in [0.5, 0.6) is 0 Å². The van der Waals surface area contributed by atoms with Crippen LogP contribution in [-0.4, -0.2) is 15.9 Å². The SMILES string of the molecule is Cc1ncc(C(=O)NCc2ccccc2Cl)c(C)n1.